The van der Waals surface area contributed by atoms with Gasteiger partial charge in [-0.2, -0.15) is 0 Å². The van der Waals surface area contributed by atoms with Crippen LogP contribution in [0.2, 0.25) is 0 Å². The molecule has 0 spiro atoms. The van der Waals surface area contributed by atoms with Gasteiger partial charge >= 0.3 is 0 Å². The van der Waals surface area contributed by atoms with Gasteiger partial charge in [-0.15, -0.1) is 0 Å². The fraction of sp³-hybridized carbons (Fsp3) is 0.417. The third-order valence-corrected chi connectivity index (χ3v) is 2.75. The SMILES string of the molecule is CC(C)c1c(F)cc2c(ncn2CCF)c1F. The van der Waals surface area contributed by atoms with Crippen LogP contribution in [0, 0.1) is 11.6 Å². The van der Waals surface area contributed by atoms with E-state index < -0.39 is 18.3 Å². The number of rotatable bonds is 3. The minimum atomic E-state index is -0.646. The lowest BCUT2D eigenvalue weighted by molar-refractivity contribution is 0.449. The lowest BCUT2D eigenvalue weighted by Crippen LogP contribution is -2.02. The van der Waals surface area contributed by atoms with Gasteiger partial charge in [-0.05, 0) is 5.92 Å². The molecule has 2 nitrogen and oxygen atoms in total. The summed E-state index contributed by atoms with van der Waals surface area (Å²) in [6.45, 7) is 2.88. The number of imidazole rings is 1. The molecule has 1 aromatic carbocycles. The molecule has 0 aliphatic heterocycles. The highest BCUT2D eigenvalue weighted by atomic mass is 19.1. The summed E-state index contributed by atoms with van der Waals surface area (Å²) in [7, 11) is 0. The van der Waals surface area contributed by atoms with E-state index in [9.17, 15) is 13.2 Å². The van der Waals surface area contributed by atoms with Crippen molar-refractivity contribution >= 4 is 11.0 Å². The first-order valence-corrected chi connectivity index (χ1v) is 5.45. The van der Waals surface area contributed by atoms with Gasteiger partial charge in [0.15, 0.2) is 5.82 Å². The fourth-order valence-electron chi connectivity index (χ4n) is 1.94. The number of halogens is 3. The molecule has 0 aliphatic carbocycles. The van der Waals surface area contributed by atoms with Gasteiger partial charge in [0, 0.05) is 11.6 Å². The minimum absolute atomic E-state index is 0.0306. The van der Waals surface area contributed by atoms with Gasteiger partial charge in [-0.3, -0.25) is 0 Å². The van der Waals surface area contributed by atoms with Crippen LogP contribution in [0.25, 0.3) is 11.0 Å². The van der Waals surface area contributed by atoms with Crippen molar-refractivity contribution in [1.82, 2.24) is 9.55 Å². The molecule has 0 atom stereocenters. The molecule has 0 saturated carbocycles. The zero-order valence-electron chi connectivity index (χ0n) is 9.67. The van der Waals surface area contributed by atoms with Gasteiger partial charge in [0.05, 0.1) is 18.4 Å². The summed E-state index contributed by atoms with van der Waals surface area (Å²) in [6, 6.07) is 1.22. The van der Waals surface area contributed by atoms with Crippen molar-refractivity contribution < 1.29 is 13.2 Å². The maximum atomic E-state index is 14.0. The Kier molecular flexibility index (Phi) is 3.09. The molecule has 2 aromatic rings. The normalized spacial score (nSPS) is 11.6. The summed E-state index contributed by atoms with van der Waals surface area (Å²) in [5.74, 6) is -1.51. The van der Waals surface area contributed by atoms with Crippen LogP contribution in [0.1, 0.15) is 25.3 Å². The van der Waals surface area contributed by atoms with Crippen molar-refractivity contribution in [3.05, 3.63) is 29.6 Å². The quantitative estimate of drug-likeness (QED) is 0.806. The molecular formula is C12H13F3N2. The van der Waals surface area contributed by atoms with E-state index in [0.717, 1.165) is 0 Å². The Morgan fingerprint density at radius 1 is 1.35 bits per heavy atom. The van der Waals surface area contributed by atoms with Crippen LogP contribution in [-0.4, -0.2) is 16.2 Å². The van der Waals surface area contributed by atoms with E-state index in [-0.39, 0.29) is 23.5 Å². The average molecular weight is 242 g/mol. The molecule has 2 rings (SSSR count). The van der Waals surface area contributed by atoms with Crippen LogP contribution in [0.4, 0.5) is 13.2 Å². The molecule has 0 unspecified atom stereocenters. The largest absolute Gasteiger partial charge is 0.328 e. The minimum Gasteiger partial charge on any atom is -0.328 e. The Bertz CT molecular complexity index is 546. The fourth-order valence-corrected chi connectivity index (χ4v) is 1.94. The van der Waals surface area contributed by atoms with Crippen molar-refractivity contribution in [2.24, 2.45) is 0 Å². The Morgan fingerprint density at radius 2 is 2.06 bits per heavy atom. The summed E-state index contributed by atoms with van der Waals surface area (Å²) < 4.78 is 41.4. The number of benzene rings is 1. The van der Waals surface area contributed by atoms with Crippen molar-refractivity contribution in [2.75, 3.05) is 6.67 Å². The van der Waals surface area contributed by atoms with Gasteiger partial charge < -0.3 is 4.57 Å². The first-order valence-electron chi connectivity index (χ1n) is 5.45. The first-order chi connectivity index (χ1) is 8.06. The zero-order chi connectivity index (χ0) is 12.6. The van der Waals surface area contributed by atoms with Crippen molar-refractivity contribution in [3.8, 4) is 0 Å². The molecule has 0 amide bonds. The number of aryl methyl sites for hydroxylation is 1. The van der Waals surface area contributed by atoms with Gasteiger partial charge in [-0.1, -0.05) is 13.8 Å². The van der Waals surface area contributed by atoms with Crippen LogP contribution in [0.5, 0.6) is 0 Å². The van der Waals surface area contributed by atoms with Crippen LogP contribution >= 0.6 is 0 Å². The monoisotopic (exact) mass is 242 g/mol. The third-order valence-electron chi connectivity index (χ3n) is 2.75. The Hall–Kier alpha value is -1.52. The molecule has 0 aliphatic rings. The van der Waals surface area contributed by atoms with E-state index in [0.29, 0.717) is 5.52 Å². The maximum absolute atomic E-state index is 14.0. The van der Waals surface area contributed by atoms with Crippen molar-refractivity contribution in [1.29, 1.82) is 0 Å². The standard InChI is InChI=1S/C12H13F3N2/c1-7(2)10-8(14)5-9-12(11(10)15)16-6-17(9)4-3-13/h5-7H,3-4H2,1-2H3. The second-order valence-electron chi connectivity index (χ2n) is 4.24. The van der Waals surface area contributed by atoms with E-state index in [4.69, 9.17) is 0 Å². The Labute approximate surface area is 97.1 Å². The molecular weight excluding hydrogens is 229 g/mol. The highest BCUT2D eigenvalue weighted by molar-refractivity contribution is 5.77. The summed E-state index contributed by atoms with van der Waals surface area (Å²) in [5, 5.41) is 0. The molecule has 92 valence electrons. The number of alkyl halides is 1. The van der Waals surface area contributed by atoms with Crippen LogP contribution in [-0.2, 0) is 6.54 Å². The summed E-state index contributed by atoms with van der Waals surface area (Å²) >= 11 is 0. The molecule has 0 N–H and O–H groups in total. The number of fused-ring (bicyclic) bond motifs is 1. The lowest BCUT2D eigenvalue weighted by atomic mass is 10.0. The van der Waals surface area contributed by atoms with E-state index in [1.54, 1.807) is 13.8 Å². The molecule has 1 heterocycles. The smallest absolute Gasteiger partial charge is 0.157 e. The molecule has 17 heavy (non-hydrogen) atoms. The van der Waals surface area contributed by atoms with E-state index in [2.05, 4.69) is 4.98 Å². The lowest BCUT2D eigenvalue weighted by Gasteiger charge is -2.09. The van der Waals surface area contributed by atoms with E-state index >= 15 is 0 Å². The first kappa shape index (κ1) is 12.0. The Morgan fingerprint density at radius 3 is 2.65 bits per heavy atom. The van der Waals surface area contributed by atoms with Crippen molar-refractivity contribution in [2.45, 2.75) is 26.3 Å². The number of hydrogen-bond donors (Lipinski definition) is 0. The van der Waals surface area contributed by atoms with Crippen LogP contribution in [0.3, 0.4) is 0 Å². The molecule has 0 fully saturated rings. The molecule has 5 heteroatoms. The summed E-state index contributed by atoms with van der Waals surface area (Å²) in [4.78, 5) is 3.88. The van der Waals surface area contributed by atoms with Crippen LogP contribution in [0.15, 0.2) is 12.4 Å². The highest BCUT2D eigenvalue weighted by Crippen LogP contribution is 2.28. The zero-order valence-corrected chi connectivity index (χ0v) is 9.67. The van der Waals surface area contributed by atoms with E-state index in [1.165, 1.54) is 17.0 Å². The predicted octanol–water partition coefficient (Wildman–Crippen LogP) is 3.41. The Balaban J connectivity index is 2.69. The molecule has 0 radical (unpaired) electrons. The van der Waals surface area contributed by atoms with Gasteiger partial charge in [-0.25, -0.2) is 18.2 Å². The third kappa shape index (κ3) is 1.90. The topological polar surface area (TPSA) is 17.8 Å². The second-order valence-corrected chi connectivity index (χ2v) is 4.24. The summed E-state index contributed by atoms with van der Waals surface area (Å²) in [6.07, 6.45) is 1.33. The predicted molar refractivity (Wildman–Crippen MR) is 59.7 cm³/mol. The number of hydrogen-bond acceptors (Lipinski definition) is 1. The van der Waals surface area contributed by atoms with Gasteiger partial charge in [0.1, 0.15) is 18.0 Å². The maximum Gasteiger partial charge on any atom is 0.157 e. The van der Waals surface area contributed by atoms with Gasteiger partial charge in [0.2, 0.25) is 0 Å². The van der Waals surface area contributed by atoms with Crippen LogP contribution < -0.4 is 0 Å². The van der Waals surface area contributed by atoms with Gasteiger partial charge in [0.25, 0.3) is 0 Å². The molecule has 0 bridgehead atoms. The van der Waals surface area contributed by atoms with Crippen molar-refractivity contribution in [3.63, 3.8) is 0 Å². The van der Waals surface area contributed by atoms with E-state index in [1.807, 2.05) is 0 Å². The number of nitrogens with zero attached hydrogens (tertiary/aromatic N) is 2. The highest BCUT2D eigenvalue weighted by Gasteiger charge is 2.19. The molecule has 1 aromatic heterocycles. The summed E-state index contributed by atoms with van der Waals surface area (Å²) in [5.41, 5.74) is 0.425. The number of aromatic nitrogens is 2. The molecule has 0 saturated heterocycles. The second kappa shape index (κ2) is 4.39. The average Bonchev–Trinajstić information content (AvgIpc) is 2.62.